The van der Waals surface area contributed by atoms with E-state index in [-0.39, 0.29) is 0 Å². The van der Waals surface area contributed by atoms with E-state index in [1.165, 1.54) is 0 Å². The number of aliphatic hydroxyl groups is 1. The fourth-order valence-electron chi connectivity index (χ4n) is 1.72. The Bertz CT molecular complexity index is 367. The van der Waals surface area contributed by atoms with Crippen molar-refractivity contribution in [3.05, 3.63) is 12.3 Å². The minimum absolute atomic E-state index is 0.438. The van der Waals surface area contributed by atoms with Crippen molar-refractivity contribution in [2.45, 2.75) is 19.4 Å². The number of hydrogen-bond acceptors (Lipinski definition) is 6. The Balaban J connectivity index is 2.54. The molecule has 18 heavy (non-hydrogen) atoms. The molecule has 0 fully saturated rings. The minimum atomic E-state index is -0.799. The first-order chi connectivity index (χ1) is 8.43. The number of nitrogens with one attached hydrogen (secondary N) is 2. The van der Waals surface area contributed by atoms with Gasteiger partial charge in [-0.05, 0) is 34.0 Å². The summed E-state index contributed by atoms with van der Waals surface area (Å²) < 4.78 is 0. The highest BCUT2D eigenvalue weighted by Gasteiger charge is 2.21. The van der Waals surface area contributed by atoms with Gasteiger partial charge >= 0.3 is 0 Å². The second kappa shape index (κ2) is 6.51. The van der Waals surface area contributed by atoms with Crippen LogP contribution in [0, 0.1) is 0 Å². The van der Waals surface area contributed by atoms with Crippen molar-refractivity contribution >= 4 is 11.8 Å². The highest BCUT2D eigenvalue weighted by molar-refractivity contribution is 5.39. The summed E-state index contributed by atoms with van der Waals surface area (Å²) in [6.07, 6.45) is 1.69. The monoisotopic (exact) mass is 253 g/mol. The molecule has 6 heteroatoms. The van der Waals surface area contributed by atoms with Crippen LogP contribution in [0.4, 0.5) is 11.8 Å². The molecular formula is C12H23N5O. The molecule has 0 bridgehead atoms. The predicted octanol–water partition coefficient (Wildman–Crippen LogP) is 0.633. The summed E-state index contributed by atoms with van der Waals surface area (Å²) in [5.74, 6) is 1.30. The second-order valence-corrected chi connectivity index (χ2v) is 4.88. The van der Waals surface area contributed by atoms with Gasteiger partial charge in [-0.1, -0.05) is 0 Å². The quantitative estimate of drug-likeness (QED) is 0.662. The Morgan fingerprint density at radius 2 is 2.11 bits per heavy atom. The molecule has 0 radical (unpaired) electrons. The zero-order valence-corrected chi connectivity index (χ0v) is 11.6. The largest absolute Gasteiger partial charge is 0.387 e. The normalized spacial score (nSPS) is 14.3. The molecule has 0 spiro atoms. The highest BCUT2D eigenvalue weighted by Crippen LogP contribution is 2.09. The zero-order valence-electron chi connectivity index (χ0n) is 11.6. The fraction of sp³-hybridized carbons (Fsp3) is 0.667. The first kappa shape index (κ1) is 14.7. The van der Waals surface area contributed by atoms with Crippen molar-refractivity contribution in [1.29, 1.82) is 0 Å². The third-order valence-electron chi connectivity index (χ3n) is 2.30. The maximum Gasteiger partial charge on any atom is 0.224 e. The van der Waals surface area contributed by atoms with E-state index in [2.05, 4.69) is 20.6 Å². The summed E-state index contributed by atoms with van der Waals surface area (Å²) in [5, 5.41) is 16.3. The Morgan fingerprint density at radius 1 is 1.39 bits per heavy atom. The molecule has 1 atom stereocenters. The Hall–Kier alpha value is -1.40. The molecule has 0 aromatic carbocycles. The van der Waals surface area contributed by atoms with Gasteiger partial charge in [0.05, 0.1) is 5.60 Å². The minimum Gasteiger partial charge on any atom is -0.387 e. The van der Waals surface area contributed by atoms with E-state index in [4.69, 9.17) is 0 Å². The lowest BCUT2D eigenvalue weighted by molar-refractivity contribution is 0.0459. The van der Waals surface area contributed by atoms with Gasteiger partial charge in [0, 0.05) is 25.8 Å². The molecule has 0 aliphatic heterocycles. The topological polar surface area (TPSA) is 73.3 Å². The number of nitrogens with zero attached hydrogens (tertiary/aromatic N) is 3. The smallest absolute Gasteiger partial charge is 0.224 e. The maximum atomic E-state index is 10.2. The fourth-order valence-corrected chi connectivity index (χ4v) is 1.72. The van der Waals surface area contributed by atoms with Crippen LogP contribution in [0.25, 0.3) is 0 Å². The number of likely N-dealkylation sites (N-methyl/N-ethyl adjacent to an activating group) is 1. The molecule has 0 saturated carbocycles. The van der Waals surface area contributed by atoms with Crippen LogP contribution in [0.1, 0.15) is 13.8 Å². The molecule has 6 nitrogen and oxygen atoms in total. The lowest BCUT2D eigenvalue weighted by Crippen LogP contribution is -2.43. The Kier molecular flexibility index (Phi) is 5.30. The van der Waals surface area contributed by atoms with E-state index in [9.17, 15) is 5.11 Å². The SMILES string of the molecule is CCNc1nccc(NCC(C)(O)CN(C)C)n1. The summed E-state index contributed by atoms with van der Waals surface area (Å²) >= 11 is 0. The maximum absolute atomic E-state index is 10.2. The van der Waals surface area contributed by atoms with Gasteiger partial charge in [-0.2, -0.15) is 4.98 Å². The number of aromatic nitrogens is 2. The van der Waals surface area contributed by atoms with Gasteiger partial charge in [-0.3, -0.25) is 0 Å². The van der Waals surface area contributed by atoms with Crippen LogP contribution in [0.15, 0.2) is 12.3 Å². The van der Waals surface area contributed by atoms with Crippen LogP contribution in [0.3, 0.4) is 0 Å². The molecule has 1 rings (SSSR count). The molecule has 1 aromatic heterocycles. The predicted molar refractivity (Wildman–Crippen MR) is 73.9 cm³/mol. The number of hydrogen-bond donors (Lipinski definition) is 3. The first-order valence-electron chi connectivity index (χ1n) is 6.11. The number of rotatable bonds is 7. The average molecular weight is 253 g/mol. The molecule has 1 unspecified atom stereocenters. The van der Waals surface area contributed by atoms with Gasteiger partial charge in [-0.25, -0.2) is 4.98 Å². The van der Waals surface area contributed by atoms with E-state index < -0.39 is 5.60 Å². The van der Waals surface area contributed by atoms with Crippen molar-refractivity contribution in [3.8, 4) is 0 Å². The van der Waals surface area contributed by atoms with Gasteiger partial charge in [-0.15, -0.1) is 0 Å². The standard InChI is InChI=1S/C12H23N5O/c1-5-13-11-14-7-6-10(16-11)15-8-12(2,18)9-17(3)4/h6-7,18H,5,8-9H2,1-4H3,(H2,13,14,15,16). The van der Waals surface area contributed by atoms with Crippen molar-refractivity contribution < 1.29 is 5.11 Å². The summed E-state index contributed by atoms with van der Waals surface area (Å²) in [6.45, 7) is 5.60. The summed E-state index contributed by atoms with van der Waals surface area (Å²) in [5.41, 5.74) is -0.799. The van der Waals surface area contributed by atoms with E-state index in [0.717, 1.165) is 6.54 Å². The van der Waals surface area contributed by atoms with Gasteiger partial charge in [0.25, 0.3) is 0 Å². The number of anilines is 2. The van der Waals surface area contributed by atoms with Gasteiger partial charge < -0.3 is 20.6 Å². The van der Waals surface area contributed by atoms with Crippen LogP contribution in [0.2, 0.25) is 0 Å². The van der Waals surface area contributed by atoms with E-state index >= 15 is 0 Å². The summed E-state index contributed by atoms with van der Waals surface area (Å²) in [6, 6.07) is 1.78. The lowest BCUT2D eigenvalue weighted by Gasteiger charge is -2.27. The molecular weight excluding hydrogens is 230 g/mol. The second-order valence-electron chi connectivity index (χ2n) is 4.88. The van der Waals surface area contributed by atoms with Crippen molar-refractivity contribution in [3.63, 3.8) is 0 Å². The third-order valence-corrected chi connectivity index (χ3v) is 2.30. The summed E-state index contributed by atoms with van der Waals surface area (Å²) in [4.78, 5) is 10.3. The molecule has 102 valence electrons. The van der Waals surface area contributed by atoms with Crippen LogP contribution < -0.4 is 10.6 Å². The third kappa shape index (κ3) is 5.29. The van der Waals surface area contributed by atoms with Crippen molar-refractivity contribution in [2.75, 3.05) is 44.4 Å². The van der Waals surface area contributed by atoms with Crippen LogP contribution in [-0.4, -0.2) is 59.3 Å². The lowest BCUT2D eigenvalue weighted by atomic mass is 10.1. The Morgan fingerprint density at radius 3 is 2.72 bits per heavy atom. The van der Waals surface area contributed by atoms with Crippen molar-refractivity contribution in [2.24, 2.45) is 0 Å². The molecule has 1 heterocycles. The summed E-state index contributed by atoms with van der Waals surface area (Å²) in [7, 11) is 3.87. The molecule has 0 aliphatic carbocycles. The van der Waals surface area contributed by atoms with Gasteiger partial charge in [0.15, 0.2) is 0 Å². The highest BCUT2D eigenvalue weighted by atomic mass is 16.3. The van der Waals surface area contributed by atoms with Crippen molar-refractivity contribution in [1.82, 2.24) is 14.9 Å². The molecule has 0 saturated heterocycles. The van der Waals surface area contributed by atoms with E-state index in [1.807, 2.05) is 25.9 Å². The van der Waals surface area contributed by atoms with Gasteiger partial charge in [0.2, 0.25) is 5.95 Å². The molecule has 0 amide bonds. The molecule has 1 aromatic rings. The molecule has 3 N–H and O–H groups in total. The Labute approximate surface area is 108 Å². The molecule has 0 aliphatic rings. The zero-order chi connectivity index (χ0) is 13.6. The average Bonchev–Trinajstić information content (AvgIpc) is 2.26. The van der Waals surface area contributed by atoms with E-state index in [0.29, 0.717) is 24.9 Å². The van der Waals surface area contributed by atoms with Crippen LogP contribution in [-0.2, 0) is 0 Å². The van der Waals surface area contributed by atoms with Gasteiger partial charge in [0.1, 0.15) is 5.82 Å². The van der Waals surface area contributed by atoms with Crippen LogP contribution >= 0.6 is 0 Å². The van der Waals surface area contributed by atoms with E-state index in [1.54, 1.807) is 19.2 Å². The van der Waals surface area contributed by atoms with Crippen LogP contribution in [0.5, 0.6) is 0 Å². The first-order valence-corrected chi connectivity index (χ1v) is 6.11.